The van der Waals surface area contributed by atoms with Gasteiger partial charge >= 0.3 is 18.1 Å². The Morgan fingerprint density at radius 3 is 2.00 bits per heavy atom. The van der Waals surface area contributed by atoms with Crippen LogP contribution in [0, 0.1) is 11.8 Å². The third-order valence-corrected chi connectivity index (χ3v) is 3.44. The second kappa shape index (κ2) is 11.1. The van der Waals surface area contributed by atoms with Crippen LogP contribution in [-0.4, -0.2) is 38.4 Å². The smallest absolute Gasteiger partial charge is 0.417 e. The Kier molecular flexibility index (Phi) is 9.46. The number of esters is 1. The molecule has 0 atom stereocenters. The van der Waals surface area contributed by atoms with Gasteiger partial charge in [0.1, 0.15) is 0 Å². The van der Waals surface area contributed by atoms with Gasteiger partial charge in [-0.2, -0.15) is 13.2 Å². The van der Waals surface area contributed by atoms with Crippen LogP contribution in [-0.2, 0) is 36.3 Å². The zero-order valence-electron chi connectivity index (χ0n) is 16.4. The summed E-state index contributed by atoms with van der Waals surface area (Å²) in [5, 5.41) is 0. The van der Waals surface area contributed by atoms with Crippen molar-refractivity contribution in [2.24, 2.45) is 0 Å². The van der Waals surface area contributed by atoms with Crippen molar-refractivity contribution < 1.29 is 36.9 Å². The maximum atomic E-state index is 13.5. The third kappa shape index (κ3) is 6.82. The van der Waals surface area contributed by atoms with Crippen molar-refractivity contribution in [3.05, 3.63) is 34.9 Å². The Balaban J connectivity index is 3.51. The van der Waals surface area contributed by atoms with Crippen molar-refractivity contribution in [1.29, 1.82) is 0 Å². The summed E-state index contributed by atoms with van der Waals surface area (Å²) in [5.41, 5.74) is -1.20. The number of hydrogen-bond donors (Lipinski definition) is 0. The van der Waals surface area contributed by atoms with Gasteiger partial charge in [0.2, 0.25) is 0 Å². The molecule has 0 amide bonds. The van der Waals surface area contributed by atoms with E-state index in [4.69, 9.17) is 18.9 Å². The molecule has 0 saturated carbocycles. The molecule has 0 aromatic heterocycles. The molecule has 0 fully saturated rings. The van der Waals surface area contributed by atoms with Crippen LogP contribution in [0.15, 0.2) is 18.2 Å². The Morgan fingerprint density at radius 2 is 1.54 bits per heavy atom. The highest BCUT2D eigenvalue weighted by atomic mass is 19.4. The van der Waals surface area contributed by atoms with Gasteiger partial charge in [-0.1, -0.05) is 18.1 Å². The minimum atomic E-state index is -4.65. The van der Waals surface area contributed by atoms with Crippen LogP contribution in [0.2, 0.25) is 0 Å². The Hall–Kier alpha value is -2.08. The molecule has 0 bridgehead atoms. The molecular weight excluding hydrogens is 377 g/mol. The van der Waals surface area contributed by atoms with E-state index in [2.05, 4.69) is 11.8 Å². The van der Waals surface area contributed by atoms with Gasteiger partial charge in [0.25, 0.3) is 0 Å². The summed E-state index contributed by atoms with van der Waals surface area (Å²) in [5.74, 6) is 2.58. The second-order valence-electron chi connectivity index (χ2n) is 5.42. The lowest BCUT2D eigenvalue weighted by Gasteiger charge is -2.26. The lowest BCUT2D eigenvalue weighted by molar-refractivity contribution is -0.339. The molecular formula is C20H25F3O5. The van der Waals surface area contributed by atoms with Crippen molar-refractivity contribution in [3.8, 4) is 11.8 Å². The molecule has 0 aliphatic rings. The predicted molar refractivity (Wildman–Crippen MR) is 96.3 cm³/mol. The van der Waals surface area contributed by atoms with E-state index in [0.717, 1.165) is 6.07 Å². The van der Waals surface area contributed by atoms with Crippen molar-refractivity contribution in [2.45, 2.75) is 46.3 Å². The van der Waals surface area contributed by atoms with Crippen molar-refractivity contribution in [2.75, 3.05) is 26.4 Å². The van der Waals surface area contributed by atoms with E-state index in [1.54, 1.807) is 27.7 Å². The number of ether oxygens (including phenoxy) is 4. The van der Waals surface area contributed by atoms with E-state index in [9.17, 15) is 18.0 Å². The highest BCUT2D eigenvalue weighted by Crippen LogP contribution is 2.33. The van der Waals surface area contributed by atoms with Gasteiger partial charge < -0.3 is 18.9 Å². The molecule has 1 aromatic rings. The molecule has 1 aromatic carbocycles. The number of rotatable bonds is 9. The summed E-state index contributed by atoms with van der Waals surface area (Å²) in [7, 11) is 0. The SMILES string of the molecule is CCOC(=O)Cc1cccc(C(F)(F)F)c1C#CC(OCC)(OCC)OCC. The van der Waals surface area contributed by atoms with E-state index < -0.39 is 23.7 Å². The summed E-state index contributed by atoms with van der Waals surface area (Å²) in [6.45, 7) is 7.31. The summed E-state index contributed by atoms with van der Waals surface area (Å²) >= 11 is 0. The molecule has 8 heteroatoms. The van der Waals surface area contributed by atoms with E-state index >= 15 is 0 Å². The third-order valence-electron chi connectivity index (χ3n) is 3.44. The van der Waals surface area contributed by atoms with Crippen molar-refractivity contribution >= 4 is 5.97 Å². The summed E-state index contributed by atoms with van der Waals surface area (Å²) < 4.78 is 61.6. The minimum Gasteiger partial charge on any atom is -0.466 e. The first-order chi connectivity index (χ1) is 13.2. The maximum absolute atomic E-state index is 13.5. The first-order valence-corrected chi connectivity index (χ1v) is 9.02. The average Bonchev–Trinajstić information content (AvgIpc) is 2.60. The van der Waals surface area contributed by atoms with Crippen LogP contribution in [0.25, 0.3) is 0 Å². The fraction of sp³-hybridized carbons (Fsp3) is 0.550. The topological polar surface area (TPSA) is 54.0 Å². The van der Waals surface area contributed by atoms with Gasteiger partial charge in [-0.3, -0.25) is 4.79 Å². The molecule has 0 spiro atoms. The van der Waals surface area contributed by atoms with Crippen LogP contribution in [0.3, 0.4) is 0 Å². The molecule has 0 N–H and O–H groups in total. The fourth-order valence-corrected chi connectivity index (χ4v) is 2.44. The summed E-state index contributed by atoms with van der Waals surface area (Å²) in [6, 6.07) is 3.53. The van der Waals surface area contributed by atoms with Crippen LogP contribution >= 0.6 is 0 Å². The van der Waals surface area contributed by atoms with Gasteiger partial charge in [0.05, 0.1) is 38.4 Å². The molecule has 28 heavy (non-hydrogen) atoms. The van der Waals surface area contributed by atoms with E-state index in [-0.39, 0.29) is 44.0 Å². The Labute approximate surface area is 163 Å². The normalized spacial score (nSPS) is 11.7. The van der Waals surface area contributed by atoms with Gasteiger partial charge in [-0.25, -0.2) is 0 Å². The first-order valence-electron chi connectivity index (χ1n) is 9.02. The molecule has 0 heterocycles. The monoisotopic (exact) mass is 402 g/mol. The van der Waals surface area contributed by atoms with Gasteiger partial charge in [0.15, 0.2) is 0 Å². The molecule has 156 valence electrons. The second-order valence-corrected chi connectivity index (χ2v) is 5.42. The zero-order chi connectivity index (χ0) is 21.2. The quantitative estimate of drug-likeness (QED) is 0.356. The molecule has 0 radical (unpaired) electrons. The van der Waals surface area contributed by atoms with Crippen LogP contribution in [0.5, 0.6) is 0 Å². The lowest BCUT2D eigenvalue weighted by atomic mass is 9.98. The largest absolute Gasteiger partial charge is 0.466 e. The molecule has 0 aliphatic heterocycles. The maximum Gasteiger partial charge on any atom is 0.417 e. The standard InChI is InChI=1S/C20H25F3O5/c1-5-25-18(24)14-15-10-9-11-17(20(21,22)23)16(15)12-13-19(26-6-2,27-7-3)28-8-4/h9-11H,5-8,14H2,1-4H3. The number of carbonyl (C=O) groups is 1. The van der Waals surface area contributed by atoms with Crippen molar-refractivity contribution in [1.82, 2.24) is 0 Å². The zero-order valence-corrected chi connectivity index (χ0v) is 16.4. The van der Waals surface area contributed by atoms with E-state index in [1.807, 2.05) is 0 Å². The molecule has 0 aliphatic carbocycles. The molecule has 0 saturated heterocycles. The fourth-order valence-electron chi connectivity index (χ4n) is 2.44. The Morgan fingerprint density at radius 1 is 0.964 bits per heavy atom. The molecule has 1 rings (SSSR count). The summed E-state index contributed by atoms with van der Waals surface area (Å²) in [6.07, 6.45) is -4.99. The average molecular weight is 402 g/mol. The molecule has 0 unspecified atom stereocenters. The van der Waals surface area contributed by atoms with Crippen LogP contribution in [0.4, 0.5) is 13.2 Å². The molecule has 5 nitrogen and oxygen atoms in total. The predicted octanol–water partition coefficient (Wildman–Crippen LogP) is 3.93. The number of halogens is 3. The van der Waals surface area contributed by atoms with Crippen LogP contribution < -0.4 is 0 Å². The number of carbonyl (C=O) groups excluding carboxylic acids is 1. The van der Waals surface area contributed by atoms with E-state index in [0.29, 0.717) is 0 Å². The van der Waals surface area contributed by atoms with E-state index in [1.165, 1.54) is 12.1 Å². The Bertz CT molecular complexity index is 687. The highest BCUT2D eigenvalue weighted by Gasteiger charge is 2.35. The van der Waals surface area contributed by atoms with Gasteiger partial charge in [0, 0.05) is 5.56 Å². The van der Waals surface area contributed by atoms with Gasteiger partial charge in [-0.05, 0) is 45.2 Å². The van der Waals surface area contributed by atoms with Crippen LogP contribution in [0.1, 0.15) is 44.4 Å². The number of benzene rings is 1. The van der Waals surface area contributed by atoms with Crippen molar-refractivity contribution in [3.63, 3.8) is 0 Å². The highest BCUT2D eigenvalue weighted by molar-refractivity contribution is 5.74. The summed E-state index contributed by atoms with van der Waals surface area (Å²) in [4.78, 5) is 11.8. The number of hydrogen-bond acceptors (Lipinski definition) is 5. The number of alkyl halides is 3. The minimum absolute atomic E-state index is 0.0965. The van der Waals surface area contributed by atoms with Gasteiger partial charge in [-0.15, -0.1) is 0 Å². The first kappa shape index (κ1) is 24.0. The lowest BCUT2D eigenvalue weighted by Crippen LogP contribution is -2.38.